The summed E-state index contributed by atoms with van der Waals surface area (Å²) in [5, 5.41) is 0. The van der Waals surface area contributed by atoms with Gasteiger partial charge in [0.2, 0.25) is 0 Å². The molecule has 0 aromatic heterocycles. The van der Waals surface area contributed by atoms with Gasteiger partial charge in [-0.25, -0.2) is 0 Å². The standard InChI is InChI=1S/C14H14.2C7H7.Y/c1-11-3-7-13(8-4-11)14-9-5-12(2)6-10-14;2*1-7-5-3-2-4-6-7;/h3-10H,1-2H3;2*3-6H,1H3;/q;2*-1;. The van der Waals surface area contributed by atoms with E-state index in [9.17, 15) is 0 Å². The molecule has 0 unspecified atom stereocenters. The van der Waals surface area contributed by atoms with E-state index in [0.29, 0.717) is 0 Å². The van der Waals surface area contributed by atoms with Crippen molar-refractivity contribution in [2.45, 2.75) is 27.7 Å². The topological polar surface area (TPSA) is 0 Å². The van der Waals surface area contributed by atoms with Crippen LogP contribution in [0.1, 0.15) is 22.3 Å². The molecule has 0 heterocycles. The van der Waals surface area contributed by atoms with Gasteiger partial charge in [-0.05, 0) is 25.0 Å². The first-order chi connectivity index (χ1) is 13.5. The molecule has 0 aliphatic heterocycles. The number of aryl methyl sites for hydroxylation is 4. The van der Waals surface area contributed by atoms with Crippen molar-refractivity contribution < 1.29 is 32.7 Å². The van der Waals surface area contributed by atoms with E-state index in [2.05, 4.69) is 88.4 Å². The summed E-state index contributed by atoms with van der Waals surface area (Å²) < 4.78 is 0. The fourth-order valence-electron chi connectivity index (χ4n) is 2.43. The second-order valence-corrected chi connectivity index (χ2v) is 6.89. The van der Waals surface area contributed by atoms with Crippen LogP contribution in [0.3, 0.4) is 0 Å². The Balaban J connectivity index is 0.000000237. The third-order valence-electron chi connectivity index (χ3n) is 4.21. The normalized spacial score (nSPS) is 9.10. The van der Waals surface area contributed by atoms with Crippen molar-refractivity contribution in [3.63, 3.8) is 0 Å². The van der Waals surface area contributed by atoms with E-state index in [4.69, 9.17) is 0 Å². The second kappa shape index (κ2) is 14.0. The number of benzene rings is 4. The van der Waals surface area contributed by atoms with Gasteiger partial charge < -0.3 is 0 Å². The van der Waals surface area contributed by atoms with E-state index in [-0.39, 0.29) is 32.7 Å². The van der Waals surface area contributed by atoms with Crippen LogP contribution < -0.4 is 0 Å². The Labute approximate surface area is 201 Å². The minimum atomic E-state index is 0. The summed E-state index contributed by atoms with van der Waals surface area (Å²) in [6.07, 6.45) is 0. The molecule has 0 amide bonds. The van der Waals surface area contributed by atoms with Crippen molar-refractivity contribution in [2.75, 3.05) is 0 Å². The monoisotopic (exact) mass is 453 g/mol. The van der Waals surface area contributed by atoms with E-state index >= 15 is 0 Å². The zero-order valence-corrected chi connectivity index (χ0v) is 20.7. The molecular weight excluding hydrogens is 425 g/mol. The molecule has 4 rings (SSSR count). The Bertz CT molecular complexity index is 828. The minimum absolute atomic E-state index is 0. The van der Waals surface area contributed by atoms with Crippen LogP contribution in [0.15, 0.2) is 97.1 Å². The summed E-state index contributed by atoms with van der Waals surface area (Å²) >= 11 is 0. The van der Waals surface area contributed by atoms with Gasteiger partial charge in [-0.1, -0.05) is 73.5 Å². The van der Waals surface area contributed by atoms with Gasteiger partial charge in [0.15, 0.2) is 0 Å². The Morgan fingerprint density at radius 3 is 0.828 bits per heavy atom. The largest absolute Gasteiger partial charge is 0.184 e. The Morgan fingerprint density at radius 1 is 0.379 bits per heavy atom. The minimum Gasteiger partial charge on any atom is -0.184 e. The van der Waals surface area contributed by atoms with Crippen molar-refractivity contribution >= 4 is 0 Å². The van der Waals surface area contributed by atoms with Gasteiger partial charge in [-0.15, -0.1) is 0 Å². The van der Waals surface area contributed by atoms with E-state index in [0.717, 1.165) is 0 Å². The van der Waals surface area contributed by atoms with E-state index in [1.54, 1.807) is 0 Å². The molecule has 4 aromatic rings. The molecule has 145 valence electrons. The molecule has 0 saturated heterocycles. The van der Waals surface area contributed by atoms with Crippen LogP contribution >= 0.6 is 0 Å². The van der Waals surface area contributed by atoms with Gasteiger partial charge in [0.25, 0.3) is 0 Å². The van der Waals surface area contributed by atoms with Crippen LogP contribution in [0, 0.1) is 39.8 Å². The van der Waals surface area contributed by atoms with Gasteiger partial charge >= 0.3 is 0 Å². The summed E-state index contributed by atoms with van der Waals surface area (Å²) in [4.78, 5) is 0. The molecule has 1 radical (unpaired) electrons. The fraction of sp³-hybridized carbons (Fsp3) is 0.143. The average Bonchev–Trinajstić information content (AvgIpc) is 2.72. The first-order valence-electron chi connectivity index (χ1n) is 9.54. The van der Waals surface area contributed by atoms with E-state index < -0.39 is 0 Å². The summed E-state index contributed by atoms with van der Waals surface area (Å²) in [5.74, 6) is 0. The molecule has 4 aromatic carbocycles. The van der Waals surface area contributed by atoms with E-state index in [1.807, 2.05) is 48.5 Å². The zero-order chi connectivity index (χ0) is 20.2. The SMILES string of the molecule is Cc1cc[c-]cc1.Cc1cc[c-]cc1.Cc1ccc(-c2ccc(C)cc2)cc1.[Y]. The van der Waals surface area contributed by atoms with Crippen molar-refractivity contribution in [1.29, 1.82) is 0 Å². The summed E-state index contributed by atoms with van der Waals surface area (Å²) in [5.41, 5.74) is 7.77. The molecular formula is C28H28Y-2. The predicted octanol–water partition coefficient (Wildman–Crippen LogP) is 7.56. The number of hydrogen-bond donors (Lipinski definition) is 0. The van der Waals surface area contributed by atoms with Crippen molar-refractivity contribution in [1.82, 2.24) is 0 Å². The molecule has 0 spiro atoms. The predicted molar refractivity (Wildman–Crippen MR) is 121 cm³/mol. The van der Waals surface area contributed by atoms with Gasteiger partial charge in [0, 0.05) is 32.7 Å². The van der Waals surface area contributed by atoms with E-state index in [1.165, 1.54) is 33.4 Å². The van der Waals surface area contributed by atoms with Gasteiger partial charge in [-0.2, -0.15) is 71.8 Å². The molecule has 0 aliphatic carbocycles. The van der Waals surface area contributed by atoms with Crippen LogP contribution in [0.25, 0.3) is 11.1 Å². The van der Waals surface area contributed by atoms with Gasteiger partial charge in [0.1, 0.15) is 0 Å². The van der Waals surface area contributed by atoms with Gasteiger partial charge in [0.05, 0.1) is 0 Å². The van der Waals surface area contributed by atoms with Gasteiger partial charge in [-0.3, -0.25) is 0 Å². The van der Waals surface area contributed by atoms with Crippen LogP contribution in [-0.2, 0) is 32.7 Å². The smallest absolute Gasteiger partial charge is 0 e. The van der Waals surface area contributed by atoms with Crippen LogP contribution in [0.2, 0.25) is 0 Å². The molecule has 0 N–H and O–H groups in total. The van der Waals surface area contributed by atoms with Crippen LogP contribution in [0.4, 0.5) is 0 Å². The first kappa shape index (κ1) is 25.0. The molecule has 0 aliphatic rings. The first-order valence-corrected chi connectivity index (χ1v) is 9.54. The molecule has 29 heavy (non-hydrogen) atoms. The molecule has 1 heteroatoms. The Kier molecular flexibility index (Phi) is 12.1. The maximum absolute atomic E-state index is 2.93. The second-order valence-electron chi connectivity index (χ2n) is 6.89. The van der Waals surface area contributed by atoms with Crippen LogP contribution in [-0.4, -0.2) is 0 Å². The van der Waals surface area contributed by atoms with Crippen LogP contribution in [0.5, 0.6) is 0 Å². The molecule has 0 bridgehead atoms. The number of hydrogen-bond acceptors (Lipinski definition) is 0. The third-order valence-corrected chi connectivity index (χ3v) is 4.21. The number of rotatable bonds is 1. The molecule has 0 nitrogen and oxygen atoms in total. The third kappa shape index (κ3) is 10.4. The maximum atomic E-state index is 2.93. The maximum Gasteiger partial charge on any atom is 0 e. The molecule has 0 fully saturated rings. The Morgan fingerprint density at radius 2 is 0.621 bits per heavy atom. The zero-order valence-electron chi connectivity index (χ0n) is 17.8. The average molecular weight is 453 g/mol. The fourth-order valence-corrected chi connectivity index (χ4v) is 2.43. The van der Waals surface area contributed by atoms with Crippen molar-refractivity contribution in [3.05, 3.63) is 131 Å². The Hall–Kier alpha value is -2.02. The molecule has 0 saturated carbocycles. The summed E-state index contributed by atoms with van der Waals surface area (Å²) in [6, 6.07) is 38.9. The quantitative estimate of drug-likeness (QED) is 0.261. The van der Waals surface area contributed by atoms with Crippen molar-refractivity contribution in [2.24, 2.45) is 0 Å². The van der Waals surface area contributed by atoms with Crippen molar-refractivity contribution in [3.8, 4) is 11.1 Å². The molecule has 0 atom stereocenters. The summed E-state index contributed by atoms with van der Waals surface area (Å²) in [6.45, 7) is 8.35. The summed E-state index contributed by atoms with van der Waals surface area (Å²) in [7, 11) is 0.